The number of aliphatic hydroxyl groups excluding tert-OH is 1. The number of hydrogen-bond acceptors (Lipinski definition) is 9. The molecule has 0 bridgehead atoms. The van der Waals surface area contributed by atoms with Gasteiger partial charge in [0.15, 0.2) is 0 Å². The minimum absolute atomic E-state index is 0.00290. The molecule has 1 saturated heterocycles. The van der Waals surface area contributed by atoms with Crippen LogP contribution in [0.15, 0.2) is 40.9 Å². The summed E-state index contributed by atoms with van der Waals surface area (Å²) in [5.74, 6) is 2.78. The molecule has 1 aromatic heterocycles. The highest BCUT2D eigenvalue weighted by Crippen LogP contribution is 2.33. The van der Waals surface area contributed by atoms with Crippen LogP contribution in [0.1, 0.15) is 49.8 Å². The van der Waals surface area contributed by atoms with Gasteiger partial charge in [0.05, 0.1) is 11.7 Å². The molecule has 2 aliphatic rings. The summed E-state index contributed by atoms with van der Waals surface area (Å²) in [5, 5.41) is 20.6. The molecular formula is C29H39N5O3S. The fraction of sp³-hybridized carbons (Fsp3) is 0.483. The Hall–Kier alpha value is -2.90. The van der Waals surface area contributed by atoms with Crippen molar-refractivity contribution in [2.45, 2.75) is 52.1 Å². The van der Waals surface area contributed by atoms with E-state index in [9.17, 15) is 5.26 Å². The molecule has 8 nitrogen and oxygen atoms in total. The predicted molar refractivity (Wildman–Crippen MR) is 153 cm³/mol. The summed E-state index contributed by atoms with van der Waals surface area (Å²) in [4.78, 5) is 7.10. The molecule has 9 heteroatoms. The molecule has 5 rings (SSSR count). The molecule has 38 heavy (non-hydrogen) atoms. The van der Waals surface area contributed by atoms with E-state index >= 15 is 0 Å². The van der Waals surface area contributed by atoms with Gasteiger partial charge in [0.2, 0.25) is 5.82 Å². The SMILES string of the molecule is CC(C)Oc1ccc(-c2nc(-c3cccc4c3CCC4)no2)cc1C#N.CNSCCN1CCCC1.CO. The first-order valence-electron chi connectivity index (χ1n) is 13.2. The van der Waals surface area contributed by atoms with Gasteiger partial charge in [0.1, 0.15) is 11.8 Å². The van der Waals surface area contributed by atoms with Crippen LogP contribution in [0.5, 0.6) is 5.75 Å². The molecule has 0 atom stereocenters. The van der Waals surface area contributed by atoms with Crippen molar-refractivity contribution in [1.29, 1.82) is 5.26 Å². The van der Waals surface area contributed by atoms with Crippen molar-refractivity contribution < 1.29 is 14.4 Å². The first-order chi connectivity index (χ1) is 18.6. The van der Waals surface area contributed by atoms with Gasteiger partial charge < -0.3 is 19.3 Å². The Balaban J connectivity index is 0.000000280. The number of likely N-dealkylation sites (tertiary alicyclic amines) is 1. The number of nitrogens with one attached hydrogen (secondary N) is 1. The van der Waals surface area contributed by atoms with Gasteiger partial charge in [0, 0.05) is 30.5 Å². The van der Waals surface area contributed by atoms with Gasteiger partial charge in [-0.15, -0.1) is 0 Å². The van der Waals surface area contributed by atoms with E-state index in [-0.39, 0.29) is 6.10 Å². The lowest BCUT2D eigenvalue weighted by Gasteiger charge is -2.12. The van der Waals surface area contributed by atoms with Gasteiger partial charge in [-0.1, -0.05) is 35.3 Å². The van der Waals surface area contributed by atoms with Crippen LogP contribution >= 0.6 is 11.9 Å². The first kappa shape index (κ1) is 29.7. The Labute approximate surface area is 230 Å². The van der Waals surface area contributed by atoms with Gasteiger partial charge in [-0.3, -0.25) is 4.72 Å². The lowest BCUT2D eigenvalue weighted by molar-refractivity contribution is 0.241. The predicted octanol–water partition coefficient (Wildman–Crippen LogP) is 5.11. The van der Waals surface area contributed by atoms with E-state index in [0.29, 0.717) is 28.6 Å². The average molecular weight is 538 g/mol. The second-order valence-corrected chi connectivity index (χ2v) is 10.4. The lowest BCUT2D eigenvalue weighted by atomic mass is 10.0. The van der Waals surface area contributed by atoms with Gasteiger partial charge in [-0.25, -0.2) is 0 Å². The zero-order valence-corrected chi connectivity index (χ0v) is 23.7. The number of nitrogens with zero attached hydrogens (tertiary/aromatic N) is 4. The molecule has 0 spiro atoms. The van der Waals surface area contributed by atoms with Crippen molar-refractivity contribution >= 4 is 11.9 Å². The number of aryl methyl sites for hydroxylation is 1. The summed E-state index contributed by atoms with van der Waals surface area (Å²) in [5.41, 5.74) is 4.89. The van der Waals surface area contributed by atoms with Gasteiger partial charge in [-0.2, -0.15) is 10.2 Å². The fourth-order valence-corrected chi connectivity index (χ4v) is 5.22. The number of aromatic nitrogens is 2. The van der Waals surface area contributed by atoms with Crippen molar-refractivity contribution in [3.8, 4) is 34.7 Å². The highest BCUT2D eigenvalue weighted by molar-refractivity contribution is 7.97. The maximum absolute atomic E-state index is 9.40. The number of benzene rings is 2. The van der Waals surface area contributed by atoms with Crippen LogP contribution in [0.3, 0.4) is 0 Å². The van der Waals surface area contributed by atoms with Gasteiger partial charge >= 0.3 is 0 Å². The molecule has 2 aromatic carbocycles. The minimum atomic E-state index is 0.00290. The maximum atomic E-state index is 9.40. The second-order valence-electron chi connectivity index (χ2n) is 9.31. The monoisotopic (exact) mass is 537 g/mol. The number of aliphatic hydroxyl groups is 1. The summed E-state index contributed by atoms with van der Waals surface area (Å²) in [6.07, 6.45) is 6.14. The van der Waals surface area contributed by atoms with Crippen LogP contribution in [0.25, 0.3) is 22.8 Å². The number of nitriles is 1. The molecule has 2 N–H and O–H groups in total. The van der Waals surface area contributed by atoms with E-state index in [2.05, 4.69) is 31.9 Å². The standard InChI is InChI=1S/C21H19N3O2.C7H16N2S.CH4O/c1-13(2)25-19-10-9-15(11-16(19)12-22)21-23-20(24-26-21)18-8-4-6-14-5-3-7-17(14)18;1-8-10-7-6-9-4-2-3-5-9;1-2/h4,6,8-11,13H,3,5,7H2,1-2H3;8H,2-7H2,1H3;2H,1H3. The van der Waals surface area contributed by atoms with Crippen LogP contribution in [0.2, 0.25) is 0 Å². The van der Waals surface area contributed by atoms with E-state index in [1.165, 1.54) is 55.8 Å². The smallest absolute Gasteiger partial charge is 0.258 e. The molecule has 2 heterocycles. The van der Waals surface area contributed by atoms with Crippen molar-refractivity contribution in [3.63, 3.8) is 0 Å². The molecule has 1 aliphatic heterocycles. The summed E-state index contributed by atoms with van der Waals surface area (Å²) in [7, 11) is 2.98. The topological polar surface area (TPSA) is 107 Å². The minimum Gasteiger partial charge on any atom is -0.490 e. The van der Waals surface area contributed by atoms with E-state index in [1.54, 1.807) is 24.1 Å². The highest BCUT2D eigenvalue weighted by Gasteiger charge is 2.20. The largest absolute Gasteiger partial charge is 0.490 e. The van der Waals surface area contributed by atoms with Crippen LogP contribution < -0.4 is 9.46 Å². The zero-order valence-electron chi connectivity index (χ0n) is 22.9. The molecule has 0 unspecified atom stereocenters. The Morgan fingerprint density at radius 3 is 2.66 bits per heavy atom. The quantitative estimate of drug-likeness (QED) is 0.299. The van der Waals surface area contributed by atoms with Gasteiger partial charge in [0.25, 0.3) is 5.89 Å². The fourth-order valence-electron chi connectivity index (χ4n) is 4.67. The van der Waals surface area contributed by atoms with E-state index in [4.69, 9.17) is 14.4 Å². The number of fused-ring (bicyclic) bond motifs is 1. The van der Waals surface area contributed by atoms with Crippen LogP contribution in [0, 0.1) is 11.3 Å². The number of hydrogen-bond donors (Lipinski definition) is 2. The molecule has 204 valence electrons. The third-order valence-corrected chi connectivity index (χ3v) is 7.05. The normalized spacial score (nSPS) is 14.2. The highest BCUT2D eigenvalue weighted by atomic mass is 32.2. The van der Waals surface area contributed by atoms with Crippen molar-refractivity contribution in [2.24, 2.45) is 0 Å². The molecule has 0 radical (unpaired) electrons. The average Bonchev–Trinajstić information content (AvgIpc) is 3.72. The molecule has 1 fully saturated rings. The Morgan fingerprint density at radius 1 is 1.16 bits per heavy atom. The van der Waals surface area contributed by atoms with E-state index in [1.807, 2.05) is 39.1 Å². The van der Waals surface area contributed by atoms with Crippen LogP contribution in [-0.2, 0) is 12.8 Å². The molecule has 0 amide bonds. The van der Waals surface area contributed by atoms with Crippen molar-refractivity contribution in [2.75, 3.05) is 39.5 Å². The van der Waals surface area contributed by atoms with E-state index < -0.39 is 0 Å². The first-order valence-corrected chi connectivity index (χ1v) is 14.2. The zero-order chi connectivity index (χ0) is 27.3. The molecular weight excluding hydrogens is 498 g/mol. The Bertz CT molecular complexity index is 1190. The van der Waals surface area contributed by atoms with Crippen LogP contribution in [-0.4, -0.2) is 65.8 Å². The third-order valence-electron chi connectivity index (χ3n) is 6.38. The van der Waals surface area contributed by atoms with Gasteiger partial charge in [-0.05, 0) is 95.4 Å². The number of ether oxygens (including phenoxy) is 1. The Kier molecular flexibility index (Phi) is 12.1. The lowest BCUT2D eigenvalue weighted by Crippen LogP contribution is -2.22. The van der Waals surface area contributed by atoms with Crippen LogP contribution in [0.4, 0.5) is 0 Å². The second kappa shape index (κ2) is 15.5. The molecule has 0 saturated carbocycles. The summed E-state index contributed by atoms with van der Waals surface area (Å²) in [6, 6.07) is 13.8. The number of rotatable bonds is 8. The maximum Gasteiger partial charge on any atom is 0.258 e. The summed E-state index contributed by atoms with van der Waals surface area (Å²) >= 11 is 1.80. The molecule has 3 aromatic rings. The summed E-state index contributed by atoms with van der Waals surface area (Å²) in [6.45, 7) is 7.76. The Morgan fingerprint density at radius 2 is 1.95 bits per heavy atom. The third kappa shape index (κ3) is 8.05. The molecule has 1 aliphatic carbocycles. The summed E-state index contributed by atoms with van der Waals surface area (Å²) < 4.78 is 14.2. The van der Waals surface area contributed by atoms with Crippen molar-refractivity contribution in [3.05, 3.63) is 53.1 Å². The van der Waals surface area contributed by atoms with E-state index in [0.717, 1.165) is 25.5 Å². The van der Waals surface area contributed by atoms with Crippen molar-refractivity contribution in [1.82, 2.24) is 19.8 Å².